The molecule has 1 atom stereocenters. The molecule has 0 spiro atoms. The summed E-state index contributed by atoms with van der Waals surface area (Å²) in [5, 5.41) is 6.64. The summed E-state index contributed by atoms with van der Waals surface area (Å²) in [6.07, 6.45) is 0.241. The van der Waals surface area contributed by atoms with Crippen molar-refractivity contribution in [3.8, 4) is 0 Å². The van der Waals surface area contributed by atoms with Gasteiger partial charge in [0.05, 0.1) is 6.42 Å². The zero-order valence-corrected chi connectivity index (χ0v) is 20.9. The number of carbonyl (C=O) groups excluding carboxylic acids is 2. The maximum absolute atomic E-state index is 13.2. The Bertz CT molecular complexity index is 1300. The van der Waals surface area contributed by atoms with Crippen molar-refractivity contribution >= 4 is 58.2 Å². The van der Waals surface area contributed by atoms with Gasteiger partial charge in [-0.1, -0.05) is 71.7 Å². The van der Waals surface area contributed by atoms with E-state index in [0.717, 1.165) is 16.0 Å². The number of benzene rings is 4. The normalized spacial score (nSPS) is 11.5. The quantitative estimate of drug-likeness (QED) is 0.234. The fourth-order valence-corrected chi connectivity index (χ4v) is 4.75. The molecule has 0 heterocycles. The predicted molar refractivity (Wildman–Crippen MR) is 145 cm³/mol. The number of thioether (sulfide) groups is 1. The zero-order chi connectivity index (χ0) is 24.6. The monoisotopic (exact) mass is 520 g/mol. The smallest absolute Gasteiger partial charge is 0.242 e. The van der Waals surface area contributed by atoms with Gasteiger partial charge in [0.25, 0.3) is 0 Å². The molecule has 0 aliphatic heterocycles. The first kappa shape index (κ1) is 24.9. The fourth-order valence-electron chi connectivity index (χ4n) is 3.42. The highest BCUT2D eigenvalue weighted by molar-refractivity contribution is 8.00. The third-order valence-electron chi connectivity index (χ3n) is 5.10. The van der Waals surface area contributed by atoms with Gasteiger partial charge in [0.15, 0.2) is 0 Å². The standard InChI is InChI=1S/C28H22Cl2N2O2S/c29-21-11-9-19(10-12-21)17-26(33)31-24-7-4-8-25(18-24)35-27(20-5-2-1-3-6-20)28(34)32-23-15-13-22(30)14-16-23/h1-16,18,27H,17H2,(H,31,33)(H,32,34). The van der Waals surface area contributed by atoms with Gasteiger partial charge in [0.2, 0.25) is 11.8 Å². The molecule has 0 aliphatic carbocycles. The first-order valence-electron chi connectivity index (χ1n) is 10.9. The molecular weight excluding hydrogens is 499 g/mol. The van der Waals surface area contributed by atoms with Crippen LogP contribution in [-0.4, -0.2) is 11.8 Å². The fraction of sp³-hybridized carbons (Fsp3) is 0.0714. The van der Waals surface area contributed by atoms with Crippen LogP contribution in [-0.2, 0) is 16.0 Å². The molecule has 0 radical (unpaired) electrons. The van der Waals surface area contributed by atoms with Crippen molar-refractivity contribution in [2.24, 2.45) is 0 Å². The highest BCUT2D eigenvalue weighted by Crippen LogP contribution is 2.37. The van der Waals surface area contributed by atoms with Crippen LogP contribution in [0.1, 0.15) is 16.4 Å². The van der Waals surface area contributed by atoms with Crippen molar-refractivity contribution in [1.29, 1.82) is 0 Å². The van der Waals surface area contributed by atoms with E-state index >= 15 is 0 Å². The number of rotatable bonds is 8. The molecule has 2 amide bonds. The second-order valence-electron chi connectivity index (χ2n) is 7.78. The summed E-state index contributed by atoms with van der Waals surface area (Å²) in [6, 6.07) is 31.3. The molecular formula is C28H22Cl2N2O2S. The topological polar surface area (TPSA) is 58.2 Å². The first-order valence-corrected chi connectivity index (χ1v) is 12.5. The highest BCUT2D eigenvalue weighted by atomic mass is 35.5. The molecule has 0 saturated carbocycles. The Morgan fingerprint density at radius 2 is 1.37 bits per heavy atom. The van der Waals surface area contributed by atoms with E-state index in [1.54, 1.807) is 36.4 Å². The molecule has 4 rings (SSSR count). The van der Waals surface area contributed by atoms with E-state index in [4.69, 9.17) is 23.2 Å². The Morgan fingerprint density at radius 3 is 2.06 bits per heavy atom. The van der Waals surface area contributed by atoms with Gasteiger partial charge in [-0.2, -0.15) is 0 Å². The lowest BCUT2D eigenvalue weighted by molar-refractivity contribution is -0.116. The third kappa shape index (κ3) is 7.36. The molecule has 4 aromatic carbocycles. The lowest BCUT2D eigenvalue weighted by atomic mass is 10.1. The van der Waals surface area contributed by atoms with Crippen LogP contribution in [0.4, 0.5) is 11.4 Å². The molecule has 1 unspecified atom stereocenters. The molecule has 0 fully saturated rings. The van der Waals surface area contributed by atoms with Crippen molar-refractivity contribution in [3.63, 3.8) is 0 Å². The minimum absolute atomic E-state index is 0.130. The predicted octanol–water partition coefficient (Wildman–Crippen LogP) is 7.65. The first-order chi connectivity index (χ1) is 17.0. The maximum Gasteiger partial charge on any atom is 0.242 e. The van der Waals surface area contributed by atoms with Gasteiger partial charge >= 0.3 is 0 Å². The van der Waals surface area contributed by atoms with E-state index in [1.165, 1.54) is 11.8 Å². The third-order valence-corrected chi connectivity index (χ3v) is 6.85. The molecule has 4 nitrogen and oxygen atoms in total. The van der Waals surface area contributed by atoms with Crippen molar-refractivity contribution in [2.45, 2.75) is 16.6 Å². The van der Waals surface area contributed by atoms with Crippen LogP contribution in [0.2, 0.25) is 10.0 Å². The van der Waals surface area contributed by atoms with Gasteiger partial charge in [-0.15, -0.1) is 11.8 Å². The summed E-state index contributed by atoms with van der Waals surface area (Å²) < 4.78 is 0. The minimum Gasteiger partial charge on any atom is -0.326 e. The Morgan fingerprint density at radius 1 is 0.714 bits per heavy atom. The Hall–Kier alpha value is -3.25. The Balaban J connectivity index is 1.48. The lowest BCUT2D eigenvalue weighted by Crippen LogP contribution is -2.19. The Labute approximate surface area is 218 Å². The Kier molecular flexibility index (Phi) is 8.48. The lowest BCUT2D eigenvalue weighted by Gasteiger charge is -2.18. The maximum atomic E-state index is 13.2. The minimum atomic E-state index is -0.494. The van der Waals surface area contributed by atoms with E-state index in [0.29, 0.717) is 21.4 Å². The number of carbonyl (C=O) groups is 2. The molecule has 35 heavy (non-hydrogen) atoms. The number of anilines is 2. The molecule has 4 aromatic rings. The summed E-state index contributed by atoms with van der Waals surface area (Å²) in [6.45, 7) is 0. The van der Waals surface area contributed by atoms with Gasteiger partial charge in [0, 0.05) is 26.3 Å². The van der Waals surface area contributed by atoms with Crippen molar-refractivity contribution in [2.75, 3.05) is 10.6 Å². The summed E-state index contributed by atoms with van der Waals surface area (Å²) in [4.78, 5) is 26.6. The molecule has 0 bridgehead atoms. The summed E-state index contributed by atoms with van der Waals surface area (Å²) in [7, 11) is 0. The number of nitrogens with one attached hydrogen (secondary N) is 2. The second-order valence-corrected chi connectivity index (χ2v) is 9.84. The molecule has 0 aliphatic rings. The van der Waals surface area contributed by atoms with Gasteiger partial charge in [-0.25, -0.2) is 0 Å². The average molecular weight is 521 g/mol. The number of amides is 2. The van der Waals surface area contributed by atoms with Gasteiger partial charge in [0.1, 0.15) is 5.25 Å². The van der Waals surface area contributed by atoms with Gasteiger partial charge in [-0.05, 0) is 65.7 Å². The summed E-state index contributed by atoms with van der Waals surface area (Å²) >= 11 is 13.3. The molecule has 2 N–H and O–H groups in total. The molecule has 176 valence electrons. The largest absolute Gasteiger partial charge is 0.326 e. The van der Waals surface area contributed by atoms with E-state index < -0.39 is 5.25 Å². The van der Waals surface area contributed by atoms with Crippen LogP contribution >= 0.6 is 35.0 Å². The number of hydrogen-bond acceptors (Lipinski definition) is 3. The van der Waals surface area contributed by atoms with Crippen LogP contribution in [0.3, 0.4) is 0 Å². The number of halogens is 2. The van der Waals surface area contributed by atoms with Crippen LogP contribution in [0.15, 0.2) is 108 Å². The van der Waals surface area contributed by atoms with E-state index in [-0.39, 0.29) is 18.2 Å². The number of hydrogen-bond donors (Lipinski definition) is 2. The van der Waals surface area contributed by atoms with E-state index in [2.05, 4.69) is 10.6 Å². The van der Waals surface area contributed by atoms with E-state index in [1.807, 2.05) is 66.7 Å². The van der Waals surface area contributed by atoms with Gasteiger partial charge < -0.3 is 10.6 Å². The second kappa shape index (κ2) is 11.9. The summed E-state index contributed by atoms with van der Waals surface area (Å²) in [5.74, 6) is -0.282. The molecule has 0 saturated heterocycles. The van der Waals surface area contributed by atoms with Gasteiger partial charge in [-0.3, -0.25) is 9.59 Å². The SMILES string of the molecule is O=C(Cc1ccc(Cl)cc1)Nc1cccc(SC(C(=O)Nc2ccc(Cl)cc2)c2ccccc2)c1. The molecule has 0 aromatic heterocycles. The van der Waals surface area contributed by atoms with Crippen molar-refractivity contribution in [1.82, 2.24) is 0 Å². The highest BCUT2D eigenvalue weighted by Gasteiger charge is 2.22. The van der Waals surface area contributed by atoms with Crippen molar-refractivity contribution in [3.05, 3.63) is 124 Å². The zero-order valence-electron chi connectivity index (χ0n) is 18.6. The van der Waals surface area contributed by atoms with Crippen LogP contribution in [0.25, 0.3) is 0 Å². The average Bonchev–Trinajstić information content (AvgIpc) is 2.86. The van der Waals surface area contributed by atoms with Crippen LogP contribution in [0.5, 0.6) is 0 Å². The van der Waals surface area contributed by atoms with E-state index in [9.17, 15) is 9.59 Å². The van der Waals surface area contributed by atoms with Crippen LogP contribution in [0, 0.1) is 0 Å². The summed E-state index contributed by atoms with van der Waals surface area (Å²) in [5.41, 5.74) is 3.09. The van der Waals surface area contributed by atoms with Crippen LogP contribution < -0.4 is 10.6 Å². The van der Waals surface area contributed by atoms with Crippen molar-refractivity contribution < 1.29 is 9.59 Å². The molecule has 7 heteroatoms.